The number of rotatable bonds is 6. The van der Waals surface area contributed by atoms with Gasteiger partial charge in [0.05, 0.1) is 18.2 Å². The number of ether oxygens (including phenoxy) is 2. The zero-order valence-electron chi connectivity index (χ0n) is 9.20. The molecular weight excluding hydrogens is 226 g/mol. The van der Waals surface area contributed by atoms with Gasteiger partial charge >= 0.3 is 0 Å². The average molecular weight is 240 g/mol. The number of methoxy groups -OCH3 is 1. The van der Waals surface area contributed by atoms with Crippen molar-refractivity contribution in [2.45, 2.75) is 13.0 Å². The third-order valence-corrected chi connectivity index (χ3v) is 2.43. The average Bonchev–Trinajstić information content (AvgIpc) is 2.30. The van der Waals surface area contributed by atoms with Gasteiger partial charge in [-0.2, -0.15) is 5.26 Å². The summed E-state index contributed by atoms with van der Waals surface area (Å²) in [5, 5.41) is 9.25. The normalized spacial score (nSPS) is 10.1. The highest BCUT2D eigenvalue weighted by atomic mass is 35.5. The SMILES string of the molecule is COCCCOCc1ccc(C#N)cc1Cl. The first-order valence-corrected chi connectivity index (χ1v) is 5.41. The van der Waals surface area contributed by atoms with E-state index < -0.39 is 0 Å². The smallest absolute Gasteiger partial charge is 0.0992 e. The molecule has 0 atom stereocenters. The molecule has 0 aliphatic carbocycles. The molecule has 0 radical (unpaired) electrons. The van der Waals surface area contributed by atoms with Crippen LogP contribution in [0, 0.1) is 11.3 Å². The highest BCUT2D eigenvalue weighted by Gasteiger charge is 2.01. The maximum atomic E-state index is 8.67. The molecule has 0 aromatic heterocycles. The van der Waals surface area contributed by atoms with Gasteiger partial charge in [-0.15, -0.1) is 0 Å². The third kappa shape index (κ3) is 4.19. The molecule has 0 aliphatic heterocycles. The van der Waals surface area contributed by atoms with Crippen LogP contribution in [-0.4, -0.2) is 20.3 Å². The molecule has 3 nitrogen and oxygen atoms in total. The molecule has 0 aliphatic rings. The van der Waals surface area contributed by atoms with Crippen LogP contribution in [0.4, 0.5) is 0 Å². The van der Waals surface area contributed by atoms with Crippen LogP contribution in [0.2, 0.25) is 5.02 Å². The summed E-state index contributed by atoms with van der Waals surface area (Å²) in [6.45, 7) is 1.81. The van der Waals surface area contributed by atoms with Crippen LogP contribution in [0.15, 0.2) is 18.2 Å². The molecule has 0 N–H and O–H groups in total. The molecule has 1 rings (SSSR count). The first kappa shape index (κ1) is 13.0. The van der Waals surface area contributed by atoms with Crippen molar-refractivity contribution >= 4 is 11.6 Å². The Hall–Kier alpha value is -1.08. The molecule has 0 heterocycles. The lowest BCUT2D eigenvalue weighted by Crippen LogP contribution is -1.99. The fraction of sp³-hybridized carbons (Fsp3) is 0.417. The zero-order chi connectivity index (χ0) is 11.8. The van der Waals surface area contributed by atoms with E-state index in [-0.39, 0.29) is 0 Å². The van der Waals surface area contributed by atoms with E-state index in [1.165, 1.54) is 0 Å². The van der Waals surface area contributed by atoms with Crippen molar-refractivity contribution in [2.24, 2.45) is 0 Å². The minimum absolute atomic E-state index is 0.467. The van der Waals surface area contributed by atoms with E-state index in [0.29, 0.717) is 30.4 Å². The summed E-state index contributed by atoms with van der Waals surface area (Å²) in [5.41, 5.74) is 1.46. The van der Waals surface area contributed by atoms with Gasteiger partial charge in [0.2, 0.25) is 0 Å². The number of hydrogen-bond donors (Lipinski definition) is 0. The number of halogens is 1. The molecule has 0 saturated carbocycles. The Morgan fingerprint density at radius 2 is 2.19 bits per heavy atom. The molecule has 86 valence electrons. The second kappa shape index (κ2) is 7.24. The Kier molecular flexibility index (Phi) is 5.87. The lowest BCUT2D eigenvalue weighted by atomic mass is 10.1. The number of nitriles is 1. The molecule has 16 heavy (non-hydrogen) atoms. The van der Waals surface area contributed by atoms with Gasteiger partial charge in [0, 0.05) is 25.3 Å². The summed E-state index contributed by atoms with van der Waals surface area (Å²) >= 11 is 5.99. The summed E-state index contributed by atoms with van der Waals surface area (Å²) in [6, 6.07) is 7.24. The van der Waals surface area contributed by atoms with Crippen LogP contribution in [0.1, 0.15) is 17.5 Å². The Bertz CT molecular complexity index is 374. The molecule has 4 heteroatoms. The maximum absolute atomic E-state index is 8.67. The predicted octanol–water partition coefficient (Wildman–Crippen LogP) is 2.76. The highest BCUT2D eigenvalue weighted by Crippen LogP contribution is 2.18. The van der Waals surface area contributed by atoms with Crippen molar-refractivity contribution in [1.29, 1.82) is 5.26 Å². The fourth-order valence-corrected chi connectivity index (χ4v) is 1.46. The maximum Gasteiger partial charge on any atom is 0.0992 e. The summed E-state index contributed by atoms with van der Waals surface area (Å²) in [4.78, 5) is 0. The molecule has 0 fully saturated rings. The van der Waals surface area contributed by atoms with Gasteiger partial charge < -0.3 is 9.47 Å². The molecule has 0 unspecified atom stereocenters. The van der Waals surface area contributed by atoms with Crippen molar-refractivity contribution in [1.82, 2.24) is 0 Å². The zero-order valence-corrected chi connectivity index (χ0v) is 9.96. The molecule has 1 aromatic rings. The first-order valence-electron chi connectivity index (χ1n) is 5.03. The predicted molar refractivity (Wildman–Crippen MR) is 62.3 cm³/mol. The van der Waals surface area contributed by atoms with E-state index in [2.05, 4.69) is 0 Å². The Balaban J connectivity index is 2.40. The van der Waals surface area contributed by atoms with Crippen molar-refractivity contribution in [3.8, 4) is 6.07 Å². The highest BCUT2D eigenvalue weighted by molar-refractivity contribution is 6.31. The van der Waals surface area contributed by atoms with Gasteiger partial charge in [0.25, 0.3) is 0 Å². The van der Waals surface area contributed by atoms with Gasteiger partial charge in [-0.05, 0) is 24.1 Å². The van der Waals surface area contributed by atoms with Crippen molar-refractivity contribution < 1.29 is 9.47 Å². The van der Waals surface area contributed by atoms with Gasteiger partial charge in [-0.25, -0.2) is 0 Å². The van der Waals surface area contributed by atoms with Gasteiger partial charge in [0.15, 0.2) is 0 Å². The summed E-state index contributed by atoms with van der Waals surface area (Å²) in [5.74, 6) is 0. The molecule has 0 spiro atoms. The topological polar surface area (TPSA) is 42.2 Å². The molecule has 0 saturated heterocycles. The van der Waals surface area contributed by atoms with E-state index in [9.17, 15) is 0 Å². The lowest BCUT2D eigenvalue weighted by Gasteiger charge is -2.06. The van der Waals surface area contributed by atoms with Crippen LogP contribution < -0.4 is 0 Å². The quantitative estimate of drug-likeness (QED) is 0.717. The molecular formula is C12H14ClNO2. The minimum atomic E-state index is 0.467. The second-order valence-electron chi connectivity index (χ2n) is 3.32. The first-order chi connectivity index (χ1) is 7.77. The van der Waals surface area contributed by atoms with Crippen LogP contribution in [0.25, 0.3) is 0 Å². The molecule has 1 aromatic carbocycles. The third-order valence-electron chi connectivity index (χ3n) is 2.08. The summed E-state index contributed by atoms with van der Waals surface area (Å²) in [7, 11) is 1.66. The Morgan fingerprint density at radius 3 is 2.81 bits per heavy atom. The Labute approximate surface area is 101 Å². The Morgan fingerprint density at radius 1 is 1.38 bits per heavy atom. The largest absolute Gasteiger partial charge is 0.385 e. The number of hydrogen-bond acceptors (Lipinski definition) is 3. The van der Waals surface area contributed by atoms with E-state index in [0.717, 1.165) is 12.0 Å². The van der Waals surface area contributed by atoms with Crippen LogP contribution in [-0.2, 0) is 16.1 Å². The standard InChI is InChI=1S/C12H14ClNO2/c1-15-5-2-6-16-9-11-4-3-10(8-14)7-12(11)13/h3-4,7H,2,5-6,9H2,1H3. The number of nitrogens with zero attached hydrogens (tertiary/aromatic N) is 1. The van der Waals surface area contributed by atoms with Gasteiger partial charge in [-0.1, -0.05) is 17.7 Å². The van der Waals surface area contributed by atoms with Crippen LogP contribution in [0.5, 0.6) is 0 Å². The van der Waals surface area contributed by atoms with Crippen molar-refractivity contribution in [3.63, 3.8) is 0 Å². The summed E-state index contributed by atoms with van der Waals surface area (Å²) < 4.78 is 10.3. The van der Waals surface area contributed by atoms with E-state index in [1.54, 1.807) is 19.2 Å². The van der Waals surface area contributed by atoms with Crippen LogP contribution >= 0.6 is 11.6 Å². The lowest BCUT2D eigenvalue weighted by molar-refractivity contribution is 0.0929. The van der Waals surface area contributed by atoms with E-state index in [4.69, 9.17) is 26.3 Å². The molecule has 0 bridgehead atoms. The van der Waals surface area contributed by atoms with E-state index >= 15 is 0 Å². The van der Waals surface area contributed by atoms with Crippen molar-refractivity contribution in [3.05, 3.63) is 34.3 Å². The van der Waals surface area contributed by atoms with Crippen molar-refractivity contribution in [2.75, 3.05) is 20.3 Å². The van der Waals surface area contributed by atoms with Crippen LogP contribution in [0.3, 0.4) is 0 Å². The summed E-state index contributed by atoms with van der Waals surface area (Å²) in [6.07, 6.45) is 0.865. The van der Waals surface area contributed by atoms with Gasteiger partial charge in [-0.3, -0.25) is 0 Å². The number of benzene rings is 1. The second-order valence-corrected chi connectivity index (χ2v) is 3.72. The van der Waals surface area contributed by atoms with E-state index in [1.807, 2.05) is 12.1 Å². The monoisotopic (exact) mass is 239 g/mol. The fourth-order valence-electron chi connectivity index (χ4n) is 1.22. The molecule has 0 amide bonds. The minimum Gasteiger partial charge on any atom is -0.385 e. The van der Waals surface area contributed by atoms with Gasteiger partial charge in [0.1, 0.15) is 0 Å².